The Kier molecular flexibility index (Phi) is 4.00. The number of aromatic nitrogens is 2. The van der Waals surface area contributed by atoms with E-state index in [1.54, 1.807) is 0 Å². The molecule has 3 atom stereocenters. The van der Waals surface area contributed by atoms with Crippen LogP contribution in [0.1, 0.15) is 18.2 Å². The lowest BCUT2D eigenvalue weighted by atomic mass is 10.2. The topological polar surface area (TPSA) is 64.1 Å². The molecule has 0 aromatic carbocycles. The summed E-state index contributed by atoms with van der Waals surface area (Å²) >= 11 is 3.03. The van der Waals surface area contributed by atoms with Crippen LogP contribution >= 0.6 is 15.9 Å². The lowest BCUT2D eigenvalue weighted by Crippen LogP contribution is -2.33. The van der Waals surface area contributed by atoms with Crippen molar-refractivity contribution in [2.24, 2.45) is 0 Å². The Balaban J connectivity index is 2.41. The molecule has 0 radical (unpaired) electrons. The predicted octanol–water partition coefficient (Wildman–Crippen LogP) is 1.50. The number of ether oxygens (including phenoxy) is 1. The molecule has 1 saturated heterocycles. The average molecular weight is 337 g/mol. The maximum absolute atomic E-state index is 13.4. The number of nitrogens with one attached hydrogen (secondary N) is 1. The van der Waals surface area contributed by atoms with Gasteiger partial charge in [-0.3, -0.25) is 14.3 Å². The van der Waals surface area contributed by atoms with Gasteiger partial charge < -0.3 is 4.74 Å². The zero-order chi connectivity index (χ0) is 14.2. The number of hydrogen-bond acceptors (Lipinski definition) is 3. The minimum atomic E-state index is -1.48. The lowest BCUT2D eigenvalue weighted by molar-refractivity contribution is -0.0209. The van der Waals surface area contributed by atoms with E-state index >= 15 is 0 Å². The van der Waals surface area contributed by atoms with Crippen molar-refractivity contribution >= 4 is 20.4 Å². The highest BCUT2D eigenvalue weighted by Gasteiger charge is 2.37. The molecule has 0 amide bonds. The highest BCUT2D eigenvalue weighted by Crippen LogP contribution is 2.30. The standard InChI is InChI=1S/C11H11BrF2N2O3/c1-5(12)6-4-16(11(18)15-10(6)17)9-2-7(14)8(3-13)19-9/h4,7-9H,1-3H2,(H,15,17,18)/t7?,8-,9-/m1/s1. The summed E-state index contributed by atoms with van der Waals surface area (Å²) < 4.78 is 32.3. The third kappa shape index (κ3) is 2.69. The summed E-state index contributed by atoms with van der Waals surface area (Å²) in [6.07, 6.45) is -2.53. The molecule has 5 nitrogen and oxygen atoms in total. The lowest BCUT2D eigenvalue weighted by Gasteiger charge is -2.14. The molecule has 8 heteroatoms. The zero-order valence-corrected chi connectivity index (χ0v) is 11.3. The molecule has 19 heavy (non-hydrogen) atoms. The van der Waals surface area contributed by atoms with Crippen LogP contribution < -0.4 is 11.2 Å². The van der Waals surface area contributed by atoms with Crippen molar-refractivity contribution < 1.29 is 13.5 Å². The van der Waals surface area contributed by atoms with Gasteiger partial charge in [-0.1, -0.05) is 22.5 Å². The molecule has 1 fully saturated rings. The van der Waals surface area contributed by atoms with Gasteiger partial charge in [0.1, 0.15) is 25.2 Å². The highest BCUT2D eigenvalue weighted by atomic mass is 79.9. The minimum Gasteiger partial charge on any atom is -0.349 e. The van der Waals surface area contributed by atoms with Crippen molar-refractivity contribution in [1.29, 1.82) is 0 Å². The Bertz CT molecular complexity index is 613. The van der Waals surface area contributed by atoms with E-state index in [0.29, 0.717) is 0 Å². The molecule has 104 valence electrons. The van der Waals surface area contributed by atoms with Crippen molar-refractivity contribution in [2.75, 3.05) is 6.67 Å². The summed E-state index contributed by atoms with van der Waals surface area (Å²) in [5.74, 6) is 0. The fourth-order valence-corrected chi connectivity index (χ4v) is 2.17. The van der Waals surface area contributed by atoms with Gasteiger partial charge >= 0.3 is 5.69 Å². The Morgan fingerprint density at radius 1 is 1.63 bits per heavy atom. The number of rotatable bonds is 3. The molecule has 2 rings (SSSR count). The normalized spacial score (nSPS) is 26.6. The van der Waals surface area contributed by atoms with Gasteiger partial charge in [-0.05, 0) is 0 Å². The predicted molar refractivity (Wildman–Crippen MR) is 68.7 cm³/mol. The zero-order valence-electron chi connectivity index (χ0n) is 9.74. The minimum absolute atomic E-state index is 0.127. The van der Waals surface area contributed by atoms with E-state index in [-0.39, 0.29) is 16.5 Å². The van der Waals surface area contributed by atoms with Crippen LogP contribution in [0.15, 0.2) is 22.4 Å². The molecule has 1 aliphatic rings. The van der Waals surface area contributed by atoms with Gasteiger partial charge in [-0.15, -0.1) is 0 Å². The highest BCUT2D eigenvalue weighted by molar-refractivity contribution is 9.15. The monoisotopic (exact) mass is 336 g/mol. The first kappa shape index (κ1) is 14.1. The summed E-state index contributed by atoms with van der Waals surface area (Å²) in [6, 6.07) is 0. The molecule has 1 aliphatic heterocycles. The Labute approximate surface area is 115 Å². The molecule has 0 spiro atoms. The van der Waals surface area contributed by atoms with Crippen molar-refractivity contribution in [3.8, 4) is 0 Å². The number of halogens is 3. The van der Waals surface area contributed by atoms with Gasteiger partial charge in [0.15, 0.2) is 0 Å². The first-order chi connectivity index (χ1) is 8.93. The first-order valence-corrected chi connectivity index (χ1v) is 6.29. The molecule has 0 bridgehead atoms. The van der Waals surface area contributed by atoms with Crippen LogP contribution in [0, 0.1) is 0 Å². The number of nitrogens with zero attached hydrogens (tertiary/aromatic N) is 1. The molecule has 2 heterocycles. The summed E-state index contributed by atoms with van der Waals surface area (Å²) in [4.78, 5) is 25.2. The van der Waals surface area contributed by atoms with Crippen LogP contribution in [0.4, 0.5) is 8.78 Å². The van der Waals surface area contributed by atoms with Gasteiger partial charge in [0.05, 0.1) is 5.56 Å². The Morgan fingerprint density at radius 2 is 2.32 bits per heavy atom. The SMILES string of the molecule is C=C(Br)c1cn([C@H]2CC(F)[C@@H](CF)O2)c(=O)[nH]c1=O. The third-order valence-electron chi connectivity index (χ3n) is 2.88. The number of aromatic amines is 1. The van der Waals surface area contributed by atoms with Crippen LogP contribution in [0.5, 0.6) is 0 Å². The van der Waals surface area contributed by atoms with E-state index in [4.69, 9.17) is 4.74 Å². The van der Waals surface area contributed by atoms with E-state index in [0.717, 1.165) is 4.57 Å². The van der Waals surface area contributed by atoms with Gasteiger partial charge in [0.2, 0.25) is 0 Å². The molecular formula is C11H11BrF2N2O3. The van der Waals surface area contributed by atoms with E-state index in [1.165, 1.54) is 6.20 Å². The van der Waals surface area contributed by atoms with Gasteiger partial charge in [0, 0.05) is 17.1 Å². The second kappa shape index (κ2) is 5.38. The second-order valence-corrected chi connectivity index (χ2v) is 5.11. The average Bonchev–Trinajstić information content (AvgIpc) is 2.69. The van der Waals surface area contributed by atoms with Crippen molar-refractivity contribution in [3.05, 3.63) is 39.2 Å². The Hall–Kier alpha value is -1.28. The van der Waals surface area contributed by atoms with E-state index in [2.05, 4.69) is 27.5 Å². The number of hydrogen-bond donors (Lipinski definition) is 1. The number of H-pyrrole nitrogens is 1. The Morgan fingerprint density at radius 3 is 2.84 bits per heavy atom. The van der Waals surface area contributed by atoms with Crippen molar-refractivity contribution in [2.45, 2.75) is 24.9 Å². The first-order valence-electron chi connectivity index (χ1n) is 5.49. The molecule has 1 unspecified atom stereocenters. The molecule has 0 saturated carbocycles. The van der Waals surface area contributed by atoms with Gasteiger partial charge in [-0.2, -0.15) is 0 Å². The van der Waals surface area contributed by atoms with Crippen LogP contribution in [0.2, 0.25) is 0 Å². The summed E-state index contributed by atoms with van der Waals surface area (Å²) in [5, 5.41) is 0. The fourth-order valence-electron chi connectivity index (χ4n) is 1.89. The van der Waals surface area contributed by atoms with Gasteiger partial charge in [0.25, 0.3) is 5.56 Å². The maximum Gasteiger partial charge on any atom is 0.330 e. The third-order valence-corrected chi connectivity index (χ3v) is 3.31. The second-order valence-electron chi connectivity index (χ2n) is 4.15. The molecule has 1 aromatic heterocycles. The van der Waals surface area contributed by atoms with Gasteiger partial charge in [-0.25, -0.2) is 13.6 Å². The largest absolute Gasteiger partial charge is 0.349 e. The molecule has 1 N–H and O–H groups in total. The van der Waals surface area contributed by atoms with Crippen LogP contribution in [-0.2, 0) is 4.74 Å². The maximum atomic E-state index is 13.4. The quantitative estimate of drug-likeness (QED) is 0.909. The van der Waals surface area contributed by atoms with E-state index in [1.807, 2.05) is 0 Å². The van der Waals surface area contributed by atoms with Crippen LogP contribution in [0.25, 0.3) is 4.48 Å². The molecule has 1 aromatic rings. The summed E-state index contributed by atoms with van der Waals surface area (Å²) in [6.45, 7) is 2.57. The molecular weight excluding hydrogens is 326 g/mol. The molecule has 0 aliphatic carbocycles. The fraction of sp³-hybridized carbons (Fsp3) is 0.455. The van der Waals surface area contributed by atoms with Crippen molar-refractivity contribution in [1.82, 2.24) is 9.55 Å². The van der Waals surface area contributed by atoms with Crippen LogP contribution in [0.3, 0.4) is 0 Å². The van der Waals surface area contributed by atoms with E-state index in [9.17, 15) is 18.4 Å². The summed E-state index contributed by atoms with van der Waals surface area (Å²) in [5.41, 5.74) is -1.22. The van der Waals surface area contributed by atoms with Crippen molar-refractivity contribution in [3.63, 3.8) is 0 Å². The van der Waals surface area contributed by atoms with Crippen LogP contribution in [-0.4, -0.2) is 28.5 Å². The summed E-state index contributed by atoms with van der Waals surface area (Å²) in [7, 11) is 0. The number of alkyl halides is 2. The smallest absolute Gasteiger partial charge is 0.330 e. The van der Waals surface area contributed by atoms with E-state index < -0.39 is 36.4 Å².